The van der Waals surface area contributed by atoms with E-state index in [0.717, 1.165) is 25.2 Å². The Hall–Kier alpha value is -0.0800. The van der Waals surface area contributed by atoms with Gasteiger partial charge in [0.1, 0.15) is 0 Å². The largest absolute Gasteiger partial charge is 0.380 e. The molecule has 2 nitrogen and oxygen atoms in total. The van der Waals surface area contributed by atoms with Crippen molar-refractivity contribution in [3.8, 4) is 0 Å². The summed E-state index contributed by atoms with van der Waals surface area (Å²) in [6.45, 7) is 10.6. The molecule has 1 saturated carbocycles. The van der Waals surface area contributed by atoms with Crippen molar-refractivity contribution in [2.75, 3.05) is 13.2 Å². The summed E-state index contributed by atoms with van der Waals surface area (Å²) < 4.78 is 5.57. The van der Waals surface area contributed by atoms with Crippen molar-refractivity contribution in [2.45, 2.75) is 65.5 Å². The van der Waals surface area contributed by atoms with Gasteiger partial charge in [0.2, 0.25) is 0 Å². The highest BCUT2D eigenvalue weighted by atomic mass is 16.5. The third-order valence-electron chi connectivity index (χ3n) is 3.92. The van der Waals surface area contributed by atoms with E-state index in [-0.39, 0.29) is 0 Å². The lowest BCUT2D eigenvalue weighted by molar-refractivity contribution is 0.100. The summed E-state index contributed by atoms with van der Waals surface area (Å²) in [5, 5.41) is 3.83. The van der Waals surface area contributed by atoms with Gasteiger partial charge in [-0.05, 0) is 31.6 Å². The Bertz CT molecular complexity index is 182. The lowest BCUT2D eigenvalue weighted by Gasteiger charge is -2.29. The first kappa shape index (κ1) is 14.0. The summed E-state index contributed by atoms with van der Waals surface area (Å²) in [5.74, 6) is 1.55. The average Bonchev–Trinajstić information content (AvgIpc) is 2.70. The van der Waals surface area contributed by atoms with E-state index >= 15 is 0 Å². The van der Waals surface area contributed by atoms with Crippen LogP contribution in [0.2, 0.25) is 0 Å². The maximum atomic E-state index is 5.57. The van der Waals surface area contributed by atoms with Gasteiger partial charge in [0.15, 0.2) is 0 Å². The summed E-state index contributed by atoms with van der Waals surface area (Å²) in [6, 6.07) is 1.26. The van der Waals surface area contributed by atoms with Crippen LogP contribution in [0, 0.1) is 11.8 Å². The third kappa shape index (κ3) is 4.06. The Morgan fingerprint density at radius 1 is 1.25 bits per heavy atom. The number of ether oxygens (including phenoxy) is 1. The first-order valence-electron chi connectivity index (χ1n) is 7.02. The molecule has 16 heavy (non-hydrogen) atoms. The second-order valence-electron chi connectivity index (χ2n) is 5.38. The molecule has 0 bridgehead atoms. The number of hydrogen-bond donors (Lipinski definition) is 1. The highest BCUT2D eigenvalue weighted by Crippen LogP contribution is 2.28. The minimum Gasteiger partial charge on any atom is -0.380 e. The van der Waals surface area contributed by atoms with E-state index in [2.05, 4.69) is 33.0 Å². The molecule has 0 aromatic rings. The molecular formula is C14H29NO. The molecule has 1 aliphatic carbocycles. The third-order valence-corrected chi connectivity index (χ3v) is 3.92. The number of rotatable bonds is 7. The zero-order valence-corrected chi connectivity index (χ0v) is 11.5. The van der Waals surface area contributed by atoms with E-state index in [0.29, 0.717) is 12.0 Å². The van der Waals surface area contributed by atoms with E-state index in [1.165, 1.54) is 25.7 Å². The van der Waals surface area contributed by atoms with Crippen LogP contribution in [-0.4, -0.2) is 25.3 Å². The molecule has 0 amide bonds. The van der Waals surface area contributed by atoms with Gasteiger partial charge in [0.05, 0.1) is 6.61 Å². The molecule has 1 aliphatic rings. The van der Waals surface area contributed by atoms with Gasteiger partial charge in [-0.25, -0.2) is 0 Å². The maximum absolute atomic E-state index is 5.57. The van der Waals surface area contributed by atoms with Crippen LogP contribution in [-0.2, 0) is 4.74 Å². The first-order chi connectivity index (χ1) is 7.69. The predicted octanol–water partition coefficient (Wildman–Crippen LogP) is 3.22. The highest BCUT2D eigenvalue weighted by molar-refractivity contribution is 4.86. The van der Waals surface area contributed by atoms with E-state index in [1.807, 2.05) is 0 Å². The summed E-state index contributed by atoms with van der Waals surface area (Å²) in [5.41, 5.74) is 0. The van der Waals surface area contributed by atoms with Gasteiger partial charge in [0, 0.05) is 18.7 Å². The Morgan fingerprint density at radius 3 is 2.56 bits per heavy atom. The van der Waals surface area contributed by atoms with Crippen molar-refractivity contribution in [1.29, 1.82) is 0 Å². The molecule has 0 aliphatic heterocycles. The van der Waals surface area contributed by atoms with Crippen LogP contribution in [0.1, 0.15) is 53.4 Å². The fraction of sp³-hybridized carbons (Fsp3) is 1.00. The molecule has 0 aromatic heterocycles. The van der Waals surface area contributed by atoms with Crippen molar-refractivity contribution in [3.05, 3.63) is 0 Å². The molecule has 3 atom stereocenters. The second-order valence-corrected chi connectivity index (χ2v) is 5.38. The second kappa shape index (κ2) is 7.29. The molecule has 96 valence electrons. The lowest BCUT2D eigenvalue weighted by Crippen LogP contribution is -2.45. The predicted molar refractivity (Wildman–Crippen MR) is 69.7 cm³/mol. The monoisotopic (exact) mass is 227 g/mol. The molecule has 1 N–H and O–H groups in total. The average molecular weight is 227 g/mol. The Labute approximate surface area is 101 Å². The van der Waals surface area contributed by atoms with Gasteiger partial charge in [0.25, 0.3) is 0 Å². The van der Waals surface area contributed by atoms with Crippen molar-refractivity contribution < 1.29 is 4.74 Å². The molecule has 2 heteroatoms. The van der Waals surface area contributed by atoms with Crippen LogP contribution in [0.5, 0.6) is 0 Å². The zero-order valence-electron chi connectivity index (χ0n) is 11.5. The maximum Gasteiger partial charge on any atom is 0.0622 e. The van der Waals surface area contributed by atoms with Crippen molar-refractivity contribution in [3.63, 3.8) is 0 Å². The van der Waals surface area contributed by atoms with Crippen LogP contribution in [0.4, 0.5) is 0 Å². The molecule has 0 radical (unpaired) electrons. The fourth-order valence-corrected chi connectivity index (χ4v) is 2.70. The molecule has 0 saturated heterocycles. The van der Waals surface area contributed by atoms with Gasteiger partial charge < -0.3 is 10.1 Å². The van der Waals surface area contributed by atoms with Crippen LogP contribution in [0.3, 0.4) is 0 Å². The molecule has 1 rings (SSSR count). The molecule has 1 fully saturated rings. The van der Waals surface area contributed by atoms with Gasteiger partial charge >= 0.3 is 0 Å². The number of hydrogen-bond acceptors (Lipinski definition) is 2. The SMILES string of the molecule is CCOCC(NC1CCCC1CC)C(C)C. The van der Waals surface area contributed by atoms with Crippen LogP contribution >= 0.6 is 0 Å². The van der Waals surface area contributed by atoms with Crippen LogP contribution < -0.4 is 5.32 Å². The van der Waals surface area contributed by atoms with Crippen LogP contribution in [0.15, 0.2) is 0 Å². The lowest BCUT2D eigenvalue weighted by atomic mass is 9.97. The summed E-state index contributed by atoms with van der Waals surface area (Å²) in [7, 11) is 0. The highest BCUT2D eigenvalue weighted by Gasteiger charge is 2.28. The van der Waals surface area contributed by atoms with E-state index in [9.17, 15) is 0 Å². The molecule has 0 aromatic carbocycles. The minimum absolute atomic E-state index is 0.525. The fourth-order valence-electron chi connectivity index (χ4n) is 2.70. The first-order valence-corrected chi connectivity index (χ1v) is 7.02. The van der Waals surface area contributed by atoms with Crippen molar-refractivity contribution in [1.82, 2.24) is 5.32 Å². The van der Waals surface area contributed by atoms with E-state index < -0.39 is 0 Å². The zero-order chi connectivity index (χ0) is 12.0. The normalized spacial score (nSPS) is 27.6. The van der Waals surface area contributed by atoms with Crippen LogP contribution in [0.25, 0.3) is 0 Å². The molecule has 3 unspecified atom stereocenters. The quantitative estimate of drug-likeness (QED) is 0.721. The van der Waals surface area contributed by atoms with Gasteiger partial charge in [-0.3, -0.25) is 0 Å². The molecule has 0 spiro atoms. The smallest absolute Gasteiger partial charge is 0.0622 e. The summed E-state index contributed by atoms with van der Waals surface area (Å²) in [4.78, 5) is 0. The van der Waals surface area contributed by atoms with Gasteiger partial charge in [-0.15, -0.1) is 0 Å². The Kier molecular flexibility index (Phi) is 6.37. The minimum atomic E-state index is 0.525. The van der Waals surface area contributed by atoms with Gasteiger partial charge in [-0.2, -0.15) is 0 Å². The van der Waals surface area contributed by atoms with Crippen molar-refractivity contribution >= 4 is 0 Å². The Balaban J connectivity index is 2.40. The number of nitrogens with one attached hydrogen (secondary N) is 1. The molecule has 0 heterocycles. The Morgan fingerprint density at radius 2 is 2.00 bits per heavy atom. The topological polar surface area (TPSA) is 21.3 Å². The van der Waals surface area contributed by atoms with E-state index in [4.69, 9.17) is 4.74 Å². The molecular weight excluding hydrogens is 198 g/mol. The van der Waals surface area contributed by atoms with Crippen molar-refractivity contribution in [2.24, 2.45) is 11.8 Å². The van der Waals surface area contributed by atoms with Gasteiger partial charge in [-0.1, -0.05) is 33.6 Å². The van der Waals surface area contributed by atoms with E-state index in [1.54, 1.807) is 0 Å². The summed E-state index contributed by atoms with van der Waals surface area (Å²) in [6.07, 6.45) is 5.48. The standard InChI is InChI=1S/C14H29NO/c1-5-12-8-7-9-13(12)15-14(11(3)4)10-16-6-2/h11-15H,5-10H2,1-4H3. The summed E-state index contributed by atoms with van der Waals surface area (Å²) >= 11 is 0.